The predicted octanol–water partition coefficient (Wildman–Crippen LogP) is 4.88. The Hall–Kier alpha value is -4.26. The van der Waals surface area contributed by atoms with Crippen LogP contribution in [0.2, 0.25) is 0 Å². The van der Waals surface area contributed by atoms with Gasteiger partial charge in [-0.15, -0.1) is 0 Å². The van der Waals surface area contributed by atoms with E-state index in [4.69, 9.17) is 9.97 Å². The van der Waals surface area contributed by atoms with Crippen molar-refractivity contribution < 1.29 is 4.79 Å². The minimum absolute atomic E-state index is 0.122. The van der Waals surface area contributed by atoms with Crippen molar-refractivity contribution in [1.29, 1.82) is 0 Å². The number of benzene rings is 3. The van der Waals surface area contributed by atoms with E-state index in [0.29, 0.717) is 17.3 Å². The molecule has 7 nitrogen and oxygen atoms in total. The lowest BCUT2D eigenvalue weighted by atomic mass is 10.1. The molecule has 3 aromatic carbocycles. The number of aromatic amines is 1. The van der Waals surface area contributed by atoms with E-state index in [1.807, 2.05) is 66.7 Å². The van der Waals surface area contributed by atoms with E-state index < -0.39 is 0 Å². The fourth-order valence-corrected chi connectivity index (χ4v) is 3.40. The third-order valence-electron chi connectivity index (χ3n) is 4.75. The molecular weight excluding hydrogens is 376 g/mol. The molecule has 0 unspecified atom stereocenters. The number of nitrogens with one attached hydrogen (secondary N) is 3. The van der Waals surface area contributed by atoms with Gasteiger partial charge in [-0.2, -0.15) is 5.10 Å². The van der Waals surface area contributed by atoms with Crippen LogP contribution in [0.3, 0.4) is 0 Å². The Labute approximate surface area is 172 Å². The first-order valence-electron chi connectivity index (χ1n) is 9.51. The highest BCUT2D eigenvalue weighted by Crippen LogP contribution is 2.29. The van der Waals surface area contributed by atoms with E-state index in [9.17, 15) is 4.79 Å². The maximum Gasteiger partial charge on any atom is 0.221 e. The molecule has 2 aromatic heterocycles. The lowest BCUT2D eigenvalue weighted by Crippen LogP contribution is -2.05. The minimum Gasteiger partial charge on any atom is -0.340 e. The normalized spacial score (nSPS) is 11.0. The van der Waals surface area contributed by atoms with E-state index >= 15 is 0 Å². The van der Waals surface area contributed by atoms with Gasteiger partial charge in [0.1, 0.15) is 5.82 Å². The van der Waals surface area contributed by atoms with Gasteiger partial charge in [-0.25, -0.2) is 9.97 Å². The Morgan fingerprint density at radius 3 is 2.73 bits per heavy atom. The van der Waals surface area contributed by atoms with E-state index in [0.717, 1.165) is 33.1 Å². The SMILES string of the molecule is CC(=O)Nc1cccc(-c2nc(Nc3ccc4[nH]ncc4c3)c3ccccc3n2)c1. The second kappa shape index (κ2) is 7.29. The van der Waals surface area contributed by atoms with Crippen molar-refractivity contribution in [2.75, 3.05) is 10.6 Å². The summed E-state index contributed by atoms with van der Waals surface area (Å²) in [5.41, 5.74) is 4.24. The Morgan fingerprint density at radius 1 is 0.933 bits per heavy atom. The fourth-order valence-electron chi connectivity index (χ4n) is 3.40. The molecule has 2 heterocycles. The van der Waals surface area contributed by atoms with Gasteiger partial charge in [0.05, 0.1) is 17.2 Å². The molecule has 0 spiro atoms. The van der Waals surface area contributed by atoms with Crippen LogP contribution in [0.1, 0.15) is 6.92 Å². The molecule has 0 aliphatic heterocycles. The highest BCUT2D eigenvalue weighted by atomic mass is 16.1. The Kier molecular flexibility index (Phi) is 4.33. The van der Waals surface area contributed by atoms with Crippen LogP contribution in [0.5, 0.6) is 0 Å². The summed E-state index contributed by atoms with van der Waals surface area (Å²) in [5.74, 6) is 1.17. The predicted molar refractivity (Wildman–Crippen MR) is 119 cm³/mol. The first-order chi connectivity index (χ1) is 14.7. The van der Waals surface area contributed by atoms with Crippen molar-refractivity contribution in [2.45, 2.75) is 6.92 Å². The number of anilines is 3. The van der Waals surface area contributed by atoms with Crippen LogP contribution >= 0.6 is 0 Å². The number of carbonyl (C=O) groups is 1. The van der Waals surface area contributed by atoms with Gasteiger partial charge < -0.3 is 10.6 Å². The van der Waals surface area contributed by atoms with Gasteiger partial charge in [-0.1, -0.05) is 24.3 Å². The minimum atomic E-state index is -0.122. The lowest BCUT2D eigenvalue weighted by molar-refractivity contribution is -0.114. The Balaban J connectivity index is 1.60. The summed E-state index contributed by atoms with van der Waals surface area (Å²) in [6, 6.07) is 21.4. The van der Waals surface area contributed by atoms with E-state index in [-0.39, 0.29) is 5.91 Å². The number of carbonyl (C=O) groups excluding carboxylic acids is 1. The third-order valence-corrected chi connectivity index (χ3v) is 4.75. The van der Waals surface area contributed by atoms with Gasteiger partial charge in [0.15, 0.2) is 5.82 Å². The van der Waals surface area contributed by atoms with Gasteiger partial charge in [0, 0.05) is 34.6 Å². The summed E-state index contributed by atoms with van der Waals surface area (Å²) >= 11 is 0. The van der Waals surface area contributed by atoms with E-state index in [2.05, 4.69) is 20.8 Å². The fraction of sp³-hybridized carbons (Fsp3) is 0.0435. The van der Waals surface area contributed by atoms with Crippen molar-refractivity contribution in [3.8, 4) is 11.4 Å². The van der Waals surface area contributed by atoms with Gasteiger partial charge in [-0.3, -0.25) is 9.89 Å². The third kappa shape index (κ3) is 3.44. The number of H-pyrrole nitrogens is 1. The number of aromatic nitrogens is 4. The number of amides is 1. The largest absolute Gasteiger partial charge is 0.340 e. The maximum atomic E-state index is 11.4. The zero-order valence-electron chi connectivity index (χ0n) is 16.2. The standard InChI is InChI=1S/C23H18N6O/c1-14(30)25-17-6-4-5-15(11-17)22-27-21-8-3-2-7-19(21)23(28-22)26-18-9-10-20-16(12-18)13-24-29-20/h2-13H,1H3,(H,24,29)(H,25,30)(H,26,27,28). The summed E-state index contributed by atoms with van der Waals surface area (Å²) in [7, 11) is 0. The van der Waals surface area contributed by atoms with E-state index in [1.165, 1.54) is 6.92 Å². The summed E-state index contributed by atoms with van der Waals surface area (Å²) in [6.07, 6.45) is 1.79. The molecule has 5 rings (SSSR count). The molecule has 0 atom stereocenters. The molecule has 7 heteroatoms. The summed E-state index contributed by atoms with van der Waals surface area (Å²) < 4.78 is 0. The molecule has 0 aliphatic carbocycles. The number of para-hydroxylation sites is 1. The van der Waals surface area contributed by atoms with Crippen LogP contribution in [-0.2, 0) is 4.79 Å². The average molecular weight is 394 g/mol. The highest BCUT2D eigenvalue weighted by Gasteiger charge is 2.11. The van der Waals surface area contributed by atoms with Gasteiger partial charge in [0.25, 0.3) is 0 Å². The van der Waals surface area contributed by atoms with Crippen molar-refractivity contribution >= 4 is 44.9 Å². The van der Waals surface area contributed by atoms with Crippen LogP contribution in [0.25, 0.3) is 33.2 Å². The zero-order chi connectivity index (χ0) is 20.5. The van der Waals surface area contributed by atoms with Gasteiger partial charge >= 0.3 is 0 Å². The quantitative estimate of drug-likeness (QED) is 0.404. The molecule has 0 aliphatic rings. The average Bonchev–Trinajstić information content (AvgIpc) is 3.21. The number of rotatable bonds is 4. The van der Waals surface area contributed by atoms with Gasteiger partial charge in [0.2, 0.25) is 5.91 Å². The molecule has 0 radical (unpaired) electrons. The van der Waals surface area contributed by atoms with Crippen LogP contribution in [0.4, 0.5) is 17.2 Å². The smallest absolute Gasteiger partial charge is 0.221 e. The summed E-state index contributed by atoms with van der Waals surface area (Å²) in [6.45, 7) is 1.48. The van der Waals surface area contributed by atoms with Crippen molar-refractivity contribution in [3.63, 3.8) is 0 Å². The molecular formula is C23H18N6O. The number of nitrogens with zero attached hydrogens (tertiary/aromatic N) is 3. The molecule has 1 amide bonds. The van der Waals surface area contributed by atoms with E-state index in [1.54, 1.807) is 6.20 Å². The second-order valence-corrected chi connectivity index (χ2v) is 6.97. The van der Waals surface area contributed by atoms with Crippen molar-refractivity contribution in [1.82, 2.24) is 20.2 Å². The van der Waals surface area contributed by atoms with Crippen LogP contribution in [0.15, 0.2) is 72.9 Å². The maximum absolute atomic E-state index is 11.4. The molecule has 146 valence electrons. The molecule has 5 aromatic rings. The molecule has 30 heavy (non-hydrogen) atoms. The number of hydrogen-bond donors (Lipinski definition) is 3. The zero-order valence-corrected chi connectivity index (χ0v) is 16.2. The molecule has 3 N–H and O–H groups in total. The Morgan fingerprint density at radius 2 is 1.83 bits per heavy atom. The Bertz CT molecular complexity index is 1390. The molecule has 0 bridgehead atoms. The molecule has 0 fully saturated rings. The summed E-state index contributed by atoms with van der Waals surface area (Å²) in [5, 5.41) is 15.2. The first-order valence-corrected chi connectivity index (χ1v) is 9.51. The van der Waals surface area contributed by atoms with Gasteiger partial charge in [-0.05, 0) is 42.5 Å². The lowest BCUT2D eigenvalue weighted by Gasteiger charge is -2.12. The number of fused-ring (bicyclic) bond motifs is 2. The van der Waals surface area contributed by atoms with Crippen molar-refractivity contribution in [2.24, 2.45) is 0 Å². The highest BCUT2D eigenvalue weighted by molar-refractivity contribution is 5.94. The van der Waals surface area contributed by atoms with Crippen LogP contribution in [-0.4, -0.2) is 26.1 Å². The first kappa shape index (κ1) is 17.8. The summed E-state index contributed by atoms with van der Waals surface area (Å²) in [4.78, 5) is 20.9. The monoisotopic (exact) mass is 394 g/mol. The topological polar surface area (TPSA) is 95.6 Å². The molecule has 0 saturated heterocycles. The number of hydrogen-bond acceptors (Lipinski definition) is 5. The molecule has 0 saturated carbocycles. The van der Waals surface area contributed by atoms with Crippen LogP contribution in [0, 0.1) is 0 Å². The second-order valence-electron chi connectivity index (χ2n) is 6.97. The van der Waals surface area contributed by atoms with Crippen LogP contribution < -0.4 is 10.6 Å². The van der Waals surface area contributed by atoms with Crippen molar-refractivity contribution in [3.05, 3.63) is 72.9 Å².